The number of fused-ring (bicyclic) bond motifs is 1. The number of amides is 1. The number of hydrogen-bond donors (Lipinski definition) is 0. The number of carbonyl (C=O) groups is 2. The van der Waals surface area contributed by atoms with Crippen LogP contribution in [0.15, 0.2) is 47.3 Å². The summed E-state index contributed by atoms with van der Waals surface area (Å²) in [5.41, 5.74) is 0.980. The van der Waals surface area contributed by atoms with Crippen LogP contribution in [0.1, 0.15) is 20.7 Å². The van der Waals surface area contributed by atoms with Crippen LogP contribution in [0.4, 0.5) is 0 Å². The molecule has 2 aliphatic heterocycles. The van der Waals surface area contributed by atoms with Crippen LogP contribution < -0.4 is 4.74 Å². The summed E-state index contributed by atoms with van der Waals surface area (Å²) in [5, 5.41) is 0. The Hall–Kier alpha value is -2.84. The van der Waals surface area contributed by atoms with E-state index in [0.717, 1.165) is 0 Å². The summed E-state index contributed by atoms with van der Waals surface area (Å²) >= 11 is 0. The van der Waals surface area contributed by atoms with Gasteiger partial charge in [-0.2, -0.15) is 0 Å². The maximum atomic E-state index is 12.4. The molecule has 148 valence electrons. The second-order valence-corrected chi connectivity index (χ2v) is 6.72. The fourth-order valence-corrected chi connectivity index (χ4v) is 3.36. The SMILES string of the molecule is COC(=O)c1ccc(OC2CO[C@H]3CN(C(=O)c4ccoc4)C[C@@H]3OC2)cc1. The highest BCUT2D eigenvalue weighted by Gasteiger charge is 2.40. The Morgan fingerprint density at radius 3 is 2.25 bits per heavy atom. The third kappa shape index (κ3) is 3.88. The molecule has 0 N–H and O–H groups in total. The summed E-state index contributed by atoms with van der Waals surface area (Å²) < 4.78 is 27.5. The van der Waals surface area contributed by atoms with Crippen molar-refractivity contribution in [2.75, 3.05) is 33.4 Å². The average molecular weight is 387 g/mol. The van der Waals surface area contributed by atoms with Gasteiger partial charge in [-0.3, -0.25) is 4.79 Å². The van der Waals surface area contributed by atoms with Crippen molar-refractivity contribution in [3.63, 3.8) is 0 Å². The summed E-state index contributed by atoms with van der Waals surface area (Å²) in [6.07, 6.45) is 2.27. The summed E-state index contributed by atoms with van der Waals surface area (Å²) in [6, 6.07) is 8.36. The van der Waals surface area contributed by atoms with E-state index in [1.807, 2.05) is 0 Å². The van der Waals surface area contributed by atoms with Crippen LogP contribution in [0.25, 0.3) is 0 Å². The van der Waals surface area contributed by atoms with E-state index < -0.39 is 5.97 Å². The molecule has 1 amide bonds. The van der Waals surface area contributed by atoms with E-state index in [4.69, 9.17) is 18.6 Å². The molecular formula is C20H21NO7. The average Bonchev–Trinajstić information content (AvgIpc) is 3.36. The minimum Gasteiger partial charge on any atom is -0.486 e. The molecule has 8 nitrogen and oxygen atoms in total. The van der Waals surface area contributed by atoms with Gasteiger partial charge in [-0.05, 0) is 30.3 Å². The van der Waals surface area contributed by atoms with E-state index in [-0.39, 0.29) is 24.2 Å². The zero-order valence-electron chi connectivity index (χ0n) is 15.4. The van der Waals surface area contributed by atoms with Crippen LogP contribution in [0.3, 0.4) is 0 Å². The molecule has 1 aromatic heterocycles. The molecule has 2 atom stereocenters. The minimum absolute atomic E-state index is 0.0903. The lowest BCUT2D eigenvalue weighted by molar-refractivity contribution is -0.00461. The van der Waals surface area contributed by atoms with Crippen molar-refractivity contribution in [2.45, 2.75) is 18.3 Å². The lowest BCUT2D eigenvalue weighted by atomic mass is 10.2. The number of ether oxygens (including phenoxy) is 4. The third-order valence-electron chi connectivity index (χ3n) is 4.84. The fourth-order valence-electron chi connectivity index (χ4n) is 3.36. The fraction of sp³-hybridized carbons (Fsp3) is 0.400. The van der Waals surface area contributed by atoms with Crippen molar-refractivity contribution >= 4 is 11.9 Å². The normalized spacial score (nSPS) is 22.4. The zero-order chi connectivity index (χ0) is 19.5. The highest BCUT2D eigenvalue weighted by Crippen LogP contribution is 2.24. The van der Waals surface area contributed by atoms with Gasteiger partial charge >= 0.3 is 5.97 Å². The molecule has 2 aromatic rings. The summed E-state index contributed by atoms with van der Waals surface area (Å²) in [6.45, 7) is 1.64. The van der Waals surface area contributed by atoms with E-state index in [0.29, 0.717) is 43.2 Å². The summed E-state index contributed by atoms with van der Waals surface area (Å²) in [4.78, 5) is 25.6. The highest BCUT2D eigenvalue weighted by atomic mass is 16.6. The van der Waals surface area contributed by atoms with E-state index in [9.17, 15) is 9.59 Å². The van der Waals surface area contributed by atoms with Crippen LogP contribution in [-0.4, -0.2) is 68.5 Å². The molecular weight excluding hydrogens is 366 g/mol. The molecule has 0 unspecified atom stereocenters. The summed E-state index contributed by atoms with van der Waals surface area (Å²) in [7, 11) is 1.34. The first-order chi connectivity index (χ1) is 13.6. The lowest BCUT2D eigenvalue weighted by Crippen LogP contribution is -2.32. The minimum atomic E-state index is -0.393. The van der Waals surface area contributed by atoms with Crippen molar-refractivity contribution in [1.29, 1.82) is 0 Å². The molecule has 0 spiro atoms. The zero-order valence-corrected chi connectivity index (χ0v) is 15.4. The number of likely N-dealkylation sites (tertiary alicyclic amines) is 1. The highest BCUT2D eigenvalue weighted by molar-refractivity contribution is 5.94. The number of methoxy groups -OCH3 is 1. The van der Waals surface area contributed by atoms with Crippen LogP contribution >= 0.6 is 0 Å². The number of hydrogen-bond acceptors (Lipinski definition) is 7. The summed E-state index contributed by atoms with van der Waals surface area (Å²) in [5.74, 6) is 0.135. The predicted molar refractivity (Wildman–Crippen MR) is 96.3 cm³/mol. The van der Waals surface area contributed by atoms with Gasteiger partial charge in [0.05, 0.1) is 37.7 Å². The van der Waals surface area contributed by atoms with E-state index in [1.165, 1.54) is 19.6 Å². The van der Waals surface area contributed by atoms with Gasteiger partial charge in [0.15, 0.2) is 0 Å². The number of benzene rings is 1. The second kappa shape index (κ2) is 8.04. The molecule has 1 aromatic carbocycles. The molecule has 8 heteroatoms. The second-order valence-electron chi connectivity index (χ2n) is 6.72. The lowest BCUT2D eigenvalue weighted by Gasteiger charge is -2.19. The van der Waals surface area contributed by atoms with Gasteiger partial charge < -0.3 is 28.3 Å². The van der Waals surface area contributed by atoms with Gasteiger partial charge in [0, 0.05) is 13.1 Å². The predicted octanol–water partition coefficient (Wildman–Crippen LogP) is 1.75. The maximum absolute atomic E-state index is 12.4. The number of nitrogens with zero attached hydrogens (tertiary/aromatic N) is 1. The van der Waals surface area contributed by atoms with Crippen molar-refractivity contribution < 1.29 is 33.0 Å². The Labute approximate surface area is 161 Å². The van der Waals surface area contributed by atoms with Gasteiger partial charge in [0.25, 0.3) is 5.91 Å². The molecule has 28 heavy (non-hydrogen) atoms. The molecule has 0 aliphatic carbocycles. The van der Waals surface area contributed by atoms with Gasteiger partial charge in [0.1, 0.15) is 30.3 Å². The van der Waals surface area contributed by atoms with Gasteiger partial charge in [-0.15, -0.1) is 0 Å². The Balaban J connectivity index is 1.31. The quantitative estimate of drug-likeness (QED) is 0.739. The van der Waals surface area contributed by atoms with Crippen LogP contribution in [-0.2, 0) is 14.2 Å². The third-order valence-corrected chi connectivity index (χ3v) is 4.84. The standard InChI is InChI=1S/C20H21NO7/c1-24-20(23)13-2-4-15(5-3-13)28-16-11-26-17-8-21(9-18(17)27-12-16)19(22)14-6-7-25-10-14/h2-7,10,16-18H,8-9,11-12H2,1H3/t17-,18-/m0/s1. The first-order valence-corrected chi connectivity index (χ1v) is 9.04. The van der Waals surface area contributed by atoms with Crippen LogP contribution in [0.5, 0.6) is 5.75 Å². The van der Waals surface area contributed by atoms with E-state index in [2.05, 4.69) is 4.74 Å². The molecule has 2 fully saturated rings. The van der Waals surface area contributed by atoms with Crippen molar-refractivity contribution in [3.8, 4) is 5.75 Å². The largest absolute Gasteiger partial charge is 0.486 e. The molecule has 0 radical (unpaired) electrons. The van der Waals surface area contributed by atoms with Gasteiger partial charge in [0.2, 0.25) is 0 Å². The van der Waals surface area contributed by atoms with E-state index >= 15 is 0 Å². The van der Waals surface area contributed by atoms with Crippen molar-refractivity contribution in [3.05, 3.63) is 54.0 Å². The monoisotopic (exact) mass is 387 g/mol. The van der Waals surface area contributed by atoms with E-state index in [1.54, 1.807) is 35.2 Å². The number of esters is 1. The van der Waals surface area contributed by atoms with Crippen LogP contribution in [0, 0.1) is 0 Å². The Morgan fingerprint density at radius 1 is 1.00 bits per heavy atom. The van der Waals surface area contributed by atoms with Gasteiger partial charge in [-0.1, -0.05) is 0 Å². The topological polar surface area (TPSA) is 87.4 Å². The molecule has 0 bridgehead atoms. The molecule has 2 aliphatic rings. The van der Waals surface area contributed by atoms with Gasteiger partial charge in [-0.25, -0.2) is 4.79 Å². The Bertz CT molecular complexity index is 802. The first kappa shape index (κ1) is 18.5. The smallest absolute Gasteiger partial charge is 0.337 e. The molecule has 3 heterocycles. The number of carbonyl (C=O) groups excluding carboxylic acids is 2. The van der Waals surface area contributed by atoms with Crippen LogP contribution in [0.2, 0.25) is 0 Å². The first-order valence-electron chi connectivity index (χ1n) is 9.04. The molecule has 4 rings (SSSR count). The maximum Gasteiger partial charge on any atom is 0.337 e. The van der Waals surface area contributed by atoms with Crippen molar-refractivity contribution in [1.82, 2.24) is 4.90 Å². The number of furan rings is 1. The van der Waals surface area contributed by atoms with Crippen molar-refractivity contribution in [2.24, 2.45) is 0 Å². The molecule has 2 saturated heterocycles. The number of rotatable bonds is 4. The Morgan fingerprint density at radius 2 is 1.68 bits per heavy atom. The Kier molecular flexibility index (Phi) is 5.31. The molecule has 0 saturated carbocycles.